The molecule has 1 aliphatic heterocycles. The summed E-state index contributed by atoms with van der Waals surface area (Å²) < 4.78 is 0. The van der Waals surface area contributed by atoms with Crippen LogP contribution in [0.5, 0.6) is 0 Å². The number of nitrogens with zero attached hydrogens (tertiary/aromatic N) is 1. The van der Waals surface area contributed by atoms with Gasteiger partial charge in [-0.15, -0.1) is 0 Å². The minimum Gasteiger partial charge on any atom is -0.341 e. The molecule has 0 aromatic carbocycles. The lowest BCUT2D eigenvalue weighted by Crippen LogP contribution is -2.45. The van der Waals surface area contributed by atoms with Crippen LogP contribution in [-0.4, -0.2) is 48.5 Å². The van der Waals surface area contributed by atoms with Gasteiger partial charge in [-0.25, -0.2) is 0 Å². The Kier molecular flexibility index (Phi) is 8.51. The number of hydrogen-bond donors (Lipinski definition) is 1. The Bertz CT molecular complexity index is 228. The van der Waals surface area contributed by atoms with E-state index in [4.69, 9.17) is 0 Å². The molecule has 0 radical (unpaired) electrons. The lowest BCUT2D eigenvalue weighted by atomic mass is 10.2. The molecule has 0 aromatic heterocycles. The van der Waals surface area contributed by atoms with Crippen molar-refractivity contribution < 1.29 is 4.79 Å². The zero-order valence-corrected chi connectivity index (χ0v) is 12.7. The molecule has 4 heteroatoms. The predicted molar refractivity (Wildman–Crippen MR) is 80.1 cm³/mol. The highest BCUT2D eigenvalue weighted by Crippen LogP contribution is 2.10. The summed E-state index contributed by atoms with van der Waals surface area (Å²) in [5.41, 5.74) is 0. The van der Waals surface area contributed by atoms with E-state index in [0.717, 1.165) is 19.6 Å². The first-order chi connectivity index (χ1) is 8.75. The highest BCUT2D eigenvalue weighted by Gasteiger charge is 2.20. The third kappa shape index (κ3) is 6.10. The van der Waals surface area contributed by atoms with Gasteiger partial charge in [-0.2, -0.15) is 11.8 Å². The van der Waals surface area contributed by atoms with Gasteiger partial charge in [0.15, 0.2) is 0 Å². The number of likely N-dealkylation sites (tertiary alicyclic amines) is 1. The van der Waals surface area contributed by atoms with Crippen LogP contribution in [-0.2, 0) is 4.79 Å². The number of thioether (sulfide) groups is 1. The van der Waals surface area contributed by atoms with Crippen molar-refractivity contribution in [3.05, 3.63) is 0 Å². The molecule has 1 atom stereocenters. The quantitative estimate of drug-likeness (QED) is 0.723. The molecule has 1 aliphatic rings. The topological polar surface area (TPSA) is 32.3 Å². The smallest absolute Gasteiger partial charge is 0.239 e. The van der Waals surface area contributed by atoms with Crippen LogP contribution in [0.4, 0.5) is 0 Å². The van der Waals surface area contributed by atoms with Crippen LogP contribution in [0.3, 0.4) is 0 Å². The SMILES string of the molecule is CSCCCCNC(C)C(=O)N1CCCCCC1. The van der Waals surface area contributed by atoms with Crippen LogP contribution in [0, 0.1) is 0 Å². The summed E-state index contributed by atoms with van der Waals surface area (Å²) in [4.78, 5) is 14.3. The fourth-order valence-corrected chi connectivity index (χ4v) is 2.84. The Balaban J connectivity index is 2.18. The predicted octanol–water partition coefficient (Wildman–Crippen LogP) is 2.51. The summed E-state index contributed by atoms with van der Waals surface area (Å²) in [5, 5.41) is 3.36. The van der Waals surface area contributed by atoms with Gasteiger partial charge in [0, 0.05) is 13.1 Å². The average molecular weight is 272 g/mol. The van der Waals surface area contributed by atoms with Crippen molar-refractivity contribution >= 4 is 17.7 Å². The van der Waals surface area contributed by atoms with Crippen molar-refractivity contribution in [3.8, 4) is 0 Å². The summed E-state index contributed by atoms with van der Waals surface area (Å²) in [6.45, 7) is 4.87. The second-order valence-electron chi connectivity index (χ2n) is 5.12. The average Bonchev–Trinajstić information content (AvgIpc) is 2.66. The van der Waals surface area contributed by atoms with Crippen molar-refractivity contribution in [1.82, 2.24) is 10.2 Å². The zero-order chi connectivity index (χ0) is 13.2. The molecule has 3 nitrogen and oxygen atoms in total. The van der Waals surface area contributed by atoms with Crippen LogP contribution in [0.15, 0.2) is 0 Å². The Hall–Kier alpha value is -0.220. The summed E-state index contributed by atoms with van der Waals surface area (Å²) >= 11 is 1.89. The summed E-state index contributed by atoms with van der Waals surface area (Å²) in [5.74, 6) is 1.51. The largest absolute Gasteiger partial charge is 0.341 e. The number of carbonyl (C=O) groups is 1. The fraction of sp³-hybridized carbons (Fsp3) is 0.929. The molecular formula is C14H28N2OS. The third-order valence-electron chi connectivity index (χ3n) is 3.51. The number of amides is 1. The monoisotopic (exact) mass is 272 g/mol. The van der Waals surface area contributed by atoms with Gasteiger partial charge in [0.1, 0.15) is 0 Å². The number of rotatable bonds is 7. The first kappa shape index (κ1) is 15.8. The number of carbonyl (C=O) groups excluding carboxylic acids is 1. The maximum atomic E-state index is 12.2. The molecule has 0 spiro atoms. The van der Waals surface area contributed by atoms with E-state index in [1.807, 2.05) is 23.6 Å². The van der Waals surface area contributed by atoms with Crippen LogP contribution in [0.2, 0.25) is 0 Å². The first-order valence-corrected chi connectivity index (χ1v) is 8.66. The number of nitrogens with one attached hydrogen (secondary N) is 1. The molecule has 0 aliphatic carbocycles. The van der Waals surface area contributed by atoms with Crippen LogP contribution < -0.4 is 5.32 Å². The number of hydrogen-bond acceptors (Lipinski definition) is 3. The van der Waals surface area contributed by atoms with Crippen LogP contribution >= 0.6 is 11.8 Å². The Morgan fingerprint density at radius 1 is 1.22 bits per heavy atom. The van der Waals surface area contributed by atoms with E-state index in [2.05, 4.69) is 11.6 Å². The third-order valence-corrected chi connectivity index (χ3v) is 4.21. The van der Waals surface area contributed by atoms with E-state index in [1.54, 1.807) is 0 Å². The van der Waals surface area contributed by atoms with Gasteiger partial charge >= 0.3 is 0 Å². The van der Waals surface area contributed by atoms with Crippen LogP contribution in [0.25, 0.3) is 0 Å². The highest BCUT2D eigenvalue weighted by atomic mass is 32.2. The van der Waals surface area contributed by atoms with Crippen molar-refractivity contribution in [1.29, 1.82) is 0 Å². The second-order valence-corrected chi connectivity index (χ2v) is 6.10. The molecule has 1 fully saturated rings. The Morgan fingerprint density at radius 3 is 2.50 bits per heavy atom. The Morgan fingerprint density at radius 2 is 1.89 bits per heavy atom. The molecule has 1 N–H and O–H groups in total. The molecule has 1 saturated heterocycles. The van der Waals surface area contributed by atoms with Crippen molar-refractivity contribution in [2.75, 3.05) is 31.6 Å². The van der Waals surface area contributed by atoms with Gasteiger partial charge in [-0.3, -0.25) is 4.79 Å². The van der Waals surface area contributed by atoms with E-state index >= 15 is 0 Å². The van der Waals surface area contributed by atoms with Crippen molar-refractivity contribution in [3.63, 3.8) is 0 Å². The summed E-state index contributed by atoms with van der Waals surface area (Å²) in [7, 11) is 0. The Labute approximate surface area is 116 Å². The molecular weight excluding hydrogens is 244 g/mol. The van der Waals surface area contributed by atoms with Gasteiger partial charge in [-0.1, -0.05) is 12.8 Å². The lowest BCUT2D eigenvalue weighted by Gasteiger charge is -2.24. The van der Waals surface area contributed by atoms with E-state index < -0.39 is 0 Å². The van der Waals surface area contributed by atoms with Gasteiger partial charge in [0.2, 0.25) is 5.91 Å². The van der Waals surface area contributed by atoms with E-state index in [0.29, 0.717) is 5.91 Å². The maximum Gasteiger partial charge on any atom is 0.239 e. The minimum absolute atomic E-state index is 0.0163. The molecule has 1 amide bonds. The molecule has 18 heavy (non-hydrogen) atoms. The highest BCUT2D eigenvalue weighted by molar-refractivity contribution is 7.98. The van der Waals surface area contributed by atoms with Gasteiger partial charge < -0.3 is 10.2 Å². The molecule has 0 bridgehead atoms. The summed E-state index contributed by atoms with van der Waals surface area (Å²) in [6, 6.07) is -0.0163. The molecule has 1 unspecified atom stereocenters. The standard InChI is InChI=1S/C14H28N2OS/c1-13(15-9-5-8-12-18-2)14(17)16-10-6-3-4-7-11-16/h13,15H,3-12H2,1-2H3. The normalized spacial score (nSPS) is 18.4. The zero-order valence-electron chi connectivity index (χ0n) is 11.9. The second kappa shape index (κ2) is 9.68. The van der Waals surface area contributed by atoms with Gasteiger partial charge in [0.25, 0.3) is 0 Å². The lowest BCUT2D eigenvalue weighted by molar-refractivity contribution is -0.133. The molecule has 0 aromatic rings. The molecule has 106 valence electrons. The van der Waals surface area contributed by atoms with Crippen molar-refractivity contribution in [2.24, 2.45) is 0 Å². The molecule has 1 rings (SSSR count). The summed E-state index contributed by atoms with van der Waals surface area (Å²) in [6.07, 6.45) is 9.44. The van der Waals surface area contributed by atoms with E-state index in [1.165, 1.54) is 44.3 Å². The minimum atomic E-state index is -0.0163. The van der Waals surface area contributed by atoms with Crippen molar-refractivity contribution in [2.45, 2.75) is 51.5 Å². The van der Waals surface area contributed by atoms with E-state index in [9.17, 15) is 4.79 Å². The molecule has 0 saturated carbocycles. The van der Waals surface area contributed by atoms with E-state index in [-0.39, 0.29) is 6.04 Å². The first-order valence-electron chi connectivity index (χ1n) is 7.27. The van der Waals surface area contributed by atoms with Gasteiger partial charge in [-0.05, 0) is 51.2 Å². The number of unbranched alkanes of at least 4 members (excludes halogenated alkanes) is 1. The maximum absolute atomic E-state index is 12.2. The van der Waals surface area contributed by atoms with Gasteiger partial charge in [0.05, 0.1) is 6.04 Å². The van der Waals surface area contributed by atoms with Crippen LogP contribution in [0.1, 0.15) is 45.4 Å². The fourth-order valence-electron chi connectivity index (χ4n) is 2.34. The molecule has 1 heterocycles.